The molecule has 0 aliphatic carbocycles. The molecule has 1 rings (SSSR count). The van der Waals surface area contributed by atoms with Crippen LogP contribution < -0.4 is 0 Å². The lowest BCUT2D eigenvalue weighted by atomic mass is 10.2. The first kappa shape index (κ1) is 19.3. The van der Waals surface area contributed by atoms with Gasteiger partial charge >= 0.3 is 12.1 Å². The maximum Gasteiger partial charge on any atom is 0.414 e. The minimum atomic E-state index is -4.32. The number of unbranched alkanes of at least 4 members (excludes halogenated alkanes) is 3. The average molecular weight is 334 g/mol. The van der Waals surface area contributed by atoms with Gasteiger partial charge in [0.15, 0.2) is 6.10 Å². The first-order valence-electron chi connectivity index (χ1n) is 7.45. The lowest BCUT2D eigenvalue weighted by Gasteiger charge is -2.16. The summed E-state index contributed by atoms with van der Waals surface area (Å²) in [6, 6.07) is 5.74. The van der Waals surface area contributed by atoms with Crippen LogP contribution in [0.25, 0.3) is 0 Å². The van der Waals surface area contributed by atoms with Crippen molar-refractivity contribution in [2.75, 3.05) is 13.2 Å². The number of phenols is 1. The van der Waals surface area contributed by atoms with Crippen molar-refractivity contribution in [1.29, 1.82) is 0 Å². The topological polar surface area (TPSA) is 55.8 Å². The fourth-order valence-corrected chi connectivity index (χ4v) is 1.76. The van der Waals surface area contributed by atoms with Crippen LogP contribution in [0, 0.1) is 0 Å². The molecule has 1 unspecified atom stereocenters. The third-order valence-corrected chi connectivity index (χ3v) is 3.20. The fourth-order valence-electron chi connectivity index (χ4n) is 1.76. The Hall–Kier alpha value is -1.76. The van der Waals surface area contributed by atoms with Crippen molar-refractivity contribution in [3.05, 3.63) is 29.8 Å². The summed E-state index contributed by atoms with van der Waals surface area (Å²) in [4.78, 5) is 11.6. The molecule has 0 bridgehead atoms. The molecule has 23 heavy (non-hydrogen) atoms. The van der Waals surface area contributed by atoms with E-state index in [0.29, 0.717) is 24.8 Å². The highest BCUT2D eigenvalue weighted by Gasteiger charge is 2.36. The van der Waals surface area contributed by atoms with Crippen molar-refractivity contribution in [1.82, 2.24) is 0 Å². The molecule has 0 spiro atoms. The minimum absolute atomic E-state index is 0.0635. The van der Waals surface area contributed by atoms with Crippen LogP contribution in [0.1, 0.15) is 43.0 Å². The molecule has 4 nitrogen and oxygen atoms in total. The van der Waals surface area contributed by atoms with E-state index in [4.69, 9.17) is 9.84 Å². The molecule has 1 aromatic rings. The number of carbonyl (C=O) groups excluding carboxylic acids is 1. The van der Waals surface area contributed by atoms with Gasteiger partial charge in [0.25, 0.3) is 0 Å². The van der Waals surface area contributed by atoms with Gasteiger partial charge in [-0.25, -0.2) is 4.79 Å². The van der Waals surface area contributed by atoms with Crippen LogP contribution in [-0.4, -0.2) is 36.6 Å². The molecule has 0 radical (unpaired) electrons. The monoisotopic (exact) mass is 334 g/mol. The molecule has 7 heteroatoms. The zero-order valence-corrected chi connectivity index (χ0v) is 12.9. The van der Waals surface area contributed by atoms with Crippen molar-refractivity contribution in [3.63, 3.8) is 0 Å². The van der Waals surface area contributed by atoms with Gasteiger partial charge in [0, 0.05) is 6.61 Å². The Morgan fingerprint density at radius 1 is 1.09 bits per heavy atom. The quantitative estimate of drug-likeness (QED) is 0.546. The number of esters is 1. The number of rotatable bonds is 9. The number of hydrogen-bond donors (Lipinski definition) is 1. The summed E-state index contributed by atoms with van der Waals surface area (Å²) in [5.74, 6) is -0.393. The van der Waals surface area contributed by atoms with Crippen molar-refractivity contribution >= 4 is 5.97 Å². The number of phenolic OH excluding ortho intramolecular Hbond substituents is 1. The molecular formula is C16H21F3O4. The second-order valence-electron chi connectivity index (χ2n) is 5.15. The van der Waals surface area contributed by atoms with Crippen molar-refractivity contribution in [2.24, 2.45) is 0 Å². The Labute approximate surface area is 133 Å². The maximum absolute atomic E-state index is 12.2. The predicted octanol–water partition coefficient (Wildman–Crippen LogP) is 4.08. The first-order valence-corrected chi connectivity index (χ1v) is 7.45. The van der Waals surface area contributed by atoms with Gasteiger partial charge in [0.1, 0.15) is 5.75 Å². The van der Waals surface area contributed by atoms with E-state index < -0.39 is 18.2 Å². The smallest absolute Gasteiger partial charge is 0.414 e. The summed E-state index contributed by atoms with van der Waals surface area (Å²) in [5, 5.41) is 9.11. The highest BCUT2D eigenvalue weighted by molar-refractivity contribution is 5.89. The van der Waals surface area contributed by atoms with E-state index in [1.165, 1.54) is 24.3 Å². The third kappa shape index (κ3) is 7.88. The van der Waals surface area contributed by atoms with E-state index >= 15 is 0 Å². The normalized spacial score (nSPS) is 12.9. The standard InChI is InChI=1S/C16H21F3O4/c1-12(16(17,18)19)22-10-4-2-3-5-11-23-15(21)13-6-8-14(20)9-7-13/h6-9,12,20H,2-5,10-11H2,1H3. The van der Waals surface area contributed by atoms with Gasteiger partial charge in [-0.3, -0.25) is 0 Å². The molecule has 0 aliphatic rings. The van der Waals surface area contributed by atoms with Gasteiger partial charge in [0.2, 0.25) is 0 Å². The van der Waals surface area contributed by atoms with E-state index in [9.17, 15) is 18.0 Å². The number of alkyl halides is 3. The SMILES string of the molecule is CC(OCCCCCCOC(=O)c1ccc(O)cc1)C(F)(F)F. The number of aromatic hydroxyl groups is 1. The first-order chi connectivity index (χ1) is 10.8. The number of hydrogen-bond acceptors (Lipinski definition) is 4. The molecule has 130 valence electrons. The van der Waals surface area contributed by atoms with E-state index in [-0.39, 0.29) is 19.0 Å². The summed E-state index contributed by atoms with van der Waals surface area (Å²) < 4.78 is 46.3. The predicted molar refractivity (Wildman–Crippen MR) is 78.3 cm³/mol. The molecule has 0 fully saturated rings. The average Bonchev–Trinajstić information content (AvgIpc) is 2.49. The second kappa shape index (κ2) is 9.39. The van der Waals surface area contributed by atoms with E-state index in [0.717, 1.165) is 13.3 Å². The van der Waals surface area contributed by atoms with E-state index in [2.05, 4.69) is 4.74 Å². The van der Waals surface area contributed by atoms with Crippen molar-refractivity contribution in [3.8, 4) is 5.75 Å². The van der Waals surface area contributed by atoms with Gasteiger partial charge in [-0.1, -0.05) is 6.42 Å². The Morgan fingerprint density at radius 2 is 1.65 bits per heavy atom. The summed E-state index contributed by atoms with van der Waals surface area (Å²) in [6.45, 7) is 1.30. The zero-order chi connectivity index (χ0) is 17.3. The van der Waals surface area contributed by atoms with Crippen LogP contribution in [-0.2, 0) is 9.47 Å². The highest BCUT2D eigenvalue weighted by Crippen LogP contribution is 2.22. The van der Waals surface area contributed by atoms with Gasteiger partial charge < -0.3 is 14.6 Å². The van der Waals surface area contributed by atoms with Crippen molar-refractivity contribution < 1.29 is 32.5 Å². The number of ether oxygens (including phenoxy) is 2. The number of carbonyl (C=O) groups is 1. The lowest BCUT2D eigenvalue weighted by molar-refractivity contribution is -0.214. The van der Waals surface area contributed by atoms with Gasteiger partial charge in [-0.05, 0) is 50.5 Å². The molecule has 1 aromatic carbocycles. The van der Waals surface area contributed by atoms with Crippen LogP contribution in [0.3, 0.4) is 0 Å². The molecule has 1 N–H and O–H groups in total. The van der Waals surface area contributed by atoms with E-state index in [1.54, 1.807) is 0 Å². The molecular weight excluding hydrogens is 313 g/mol. The molecule has 0 saturated heterocycles. The Bertz CT molecular complexity index is 471. The molecule has 1 atom stereocenters. The van der Waals surface area contributed by atoms with Crippen LogP contribution >= 0.6 is 0 Å². The molecule has 0 saturated carbocycles. The van der Waals surface area contributed by atoms with E-state index in [1.807, 2.05) is 0 Å². The largest absolute Gasteiger partial charge is 0.508 e. The summed E-state index contributed by atoms with van der Waals surface area (Å²) in [5.41, 5.74) is 0.359. The fraction of sp³-hybridized carbons (Fsp3) is 0.562. The van der Waals surface area contributed by atoms with Crippen LogP contribution in [0.15, 0.2) is 24.3 Å². The Morgan fingerprint density at radius 3 is 2.22 bits per heavy atom. The van der Waals surface area contributed by atoms with Crippen LogP contribution in [0.4, 0.5) is 13.2 Å². The summed E-state index contributed by atoms with van der Waals surface area (Å²) in [7, 11) is 0. The van der Waals surface area contributed by atoms with Gasteiger partial charge in [0.05, 0.1) is 12.2 Å². The summed E-state index contributed by atoms with van der Waals surface area (Å²) >= 11 is 0. The van der Waals surface area contributed by atoms with Crippen LogP contribution in [0.5, 0.6) is 5.75 Å². The molecule has 0 aliphatic heterocycles. The lowest BCUT2D eigenvalue weighted by Crippen LogP contribution is -2.28. The van der Waals surface area contributed by atoms with Gasteiger partial charge in [-0.15, -0.1) is 0 Å². The Kier molecular flexibility index (Phi) is 7.88. The van der Waals surface area contributed by atoms with Crippen molar-refractivity contribution in [2.45, 2.75) is 44.9 Å². The maximum atomic E-state index is 12.2. The second-order valence-corrected chi connectivity index (χ2v) is 5.15. The highest BCUT2D eigenvalue weighted by atomic mass is 19.4. The van der Waals surface area contributed by atoms with Gasteiger partial charge in [-0.2, -0.15) is 13.2 Å². The summed E-state index contributed by atoms with van der Waals surface area (Å²) in [6.07, 6.45) is -3.43. The molecule has 0 heterocycles. The molecule has 0 aromatic heterocycles. The number of benzene rings is 1. The Balaban J connectivity index is 2.03. The van der Waals surface area contributed by atoms with Crippen LogP contribution in [0.2, 0.25) is 0 Å². The molecule has 0 amide bonds. The third-order valence-electron chi connectivity index (χ3n) is 3.20. The minimum Gasteiger partial charge on any atom is -0.508 e. The zero-order valence-electron chi connectivity index (χ0n) is 12.9. The number of halogens is 3.